The van der Waals surface area contributed by atoms with Gasteiger partial charge in [-0.1, -0.05) is 6.42 Å². The summed E-state index contributed by atoms with van der Waals surface area (Å²) in [6.07, 6.45) is 5.37. The van der Waals surface area contributed by atoms with Crippen LogP contribution in [0.5, 0.6) is 0 Å². The van der Waals surface area contributed by atoms with Crippen molar-refractivity contribution in [3.63, 3.8) is 0 Å². The number of carbonyl (C=O) groups excluding carboxylic acids is 1. The van der Waals surface area contributed by atoms with E-state index in [1.807, 2.05) is 0 Å². The van der Waals surface area contributed by atoms with E-state index in [-0.39, 0.29) is 5.91 Å². The number of carbonyl (C=O) groups is 1. The van der Waals surface area contributed by atoms with E-state index in [9.17, 15) is 4.79 Å². The van der Waals surface area contributed by atoms with E-state index in [1.165, 1.54) is 19.3 Å². The second-order valence-corrected chi connectivity index (χ2v) is 4.03. The fourth-order valence-electron chi connectivity index (χ4n) is 1.86. The smallest absolute Gasteiger partial charge is 0.220 e. The maximum absolute atomic E-state index is 11.4. The number of methoxy groups -OCH3 is 1. The fourth-order valence-corrected chi connectivity index (χ4v) is 1.86. The first-order valence-corrected chi connectivity index (χ1v) is 5.82. The van der Waals surface area contributed by atoms with Crippen LogP contribution in [0.4, 0.5) is 0 Å². The van der Waals surface area contributed by atoms with Crippen LogP contribution in [0.15, 0.2) is 0 Å². The van der Waals surface area contributed by atoms with Crippen molar-refractivity contribution in [1.29, 1.82) is 0 Å². The van der Waals surface area contributed by atoms with Crippen LogP contribution in [0.3, 0.4) is 0 Å². The van der Waals surface area contributed by atoms with Crippen LogP contribution >= 0.6 is 0 Å². The number of rotatable bonds is 6. The molecule has 4 heteroatoms. The van der Waals surface area contributed by atoms with Crippen molar-refractivity contribution in [2.75, 3.05) is 26.8 Å². The summed E-state index contributed by atoms with van der Waals surface area (Å²) in [6, 6.07) is 0.548. The first-order valence-electron chi connectivity index (χ1n) is 5.82. The minimum absolute atomic E-state index is 0.138. The third kappa shape index (κ3) is 5.74. The quantitative estimate of drug-likeness (QED) is 0.639. The summed E-state index contributed by atoms with van der Waals surface area (Å²) in [6.45, 7) is 2.32. The van der Waals surface area contributed by atoms with Crippen LogP contribution in [-0.2, 0) is 9.53 Å². The van der Waals surface area contributed by atoms with E-state index < -0.39 is 0 Å². The van der Waals surface area contributed by atoms with Gasteiger partial charge >= 0.3 is 0 Å². The van der Waals surface area contributed by atoms with Crippen LogP contribution in [0.25, 0.3) is 0 Å². The molecule has 0 aromatic heterocycles. The van der Waals surface area contributed by atoms with Crippen LogP contribution in [0.1, 0.15) is 32.1 Å². The molecule has 0 spiro atoms. The summed E-state index contributed by atoms with van der Waals surface area (Å²) in [5.41, 5.74) is 0. The number of amides is 1. The van der Waals surface area contributed by atoms with E-state index in [0.717, 1.165) is 13.0 Å². The molecule has 1 saturated heterocycles. The molecule has 2 N–H and O–H groups in total. The highest BCUT2D eigenvalue weighted by atomic mass is 16.5. The van der Waals surface area contributed by atoms with Gasteiger partial charge in [-0.05, 0) is 25.8 Å². The normalized spacial score (nSPS) is 21.3. The molecule has 1 rings (SSSR count). The Kier molecular flexibility index (Phi) is 6.36. The van der Waals surface area contributed by atoms with Gasteiger partial charge in [0, 0.05) is 26.1 Å². The lowest BCUT2D eigenvalue weighted by atomic mass is 10.0. The predicted octanol–water partition coefficient (Wildman–Crippen LogP) is 0.671. The van der Waals surface area contributed by atoms with Gasteiger partial charge in [-0.2, -0.15) is 0 Å². The summed E-state index contributed by atoms with van der Waals surface area (Å²) < 4.78 is 4.86. The van der Waals surface area contributed by atoms with E-state index in [0.29, 0.717) is 25.6 Å². The zero-order valence-electron chi connectivity index (χ0n) is 9.55. The van der Waals surface area contributed by atoms with Crippen molar-refractivity contribution in [2.24, 2.45) is 0 Å². The van der Waals surface area contributed by atoms with Crippen molar-refractivity contribution < 1.29 is 9.53 Å². The van der Waals surface area contributed by atoms with Gasteiger partial charge in [0.25, 0.3) is 0 Å². The predicted molar refractivity (Wildman–Crippen MR) is 59.8 cm³/mol. The lowest BCUT2D eigenvalue weighted by Crippen LogP contribution is -2.35. The third-order valence-corrected chi connectivity index (χ3v) is 2.76. The van der Waals surface area contributed by atoms with Crippen molar-refractivity contribution in [2.45, 2.75) is 38.1 Å². The monoisotopic (exact) mass is 214 g/mol. The Morgan fingerprint density at radius 2 is 2.40 bits per heavy atom. The second-order valence-electron chi connectivity index (χ2n) is 4.03. The highest BCUT2D eigenvalue weighted by molar-refractivity contribution is 5.75. The lowest BCUT2D eigenvalue weighted by molar-refractivity contribution is -0.121. The van der Waals surface area contributed by atoms with E-state index in [4.69, 9.17) is 4.74 Å². The Balaban J connectivity index is 2.00. The van der Waals surface area contributed by atoms with Crippen molar-refractivity contribution in [3.8, 4) is 0 Å². The van der Waals surface area contributed by atoms with Gasteiger partial charge in [-0.25, -0.2) is 0 Å². The Morgan fingerprint density at radius 1 is 1.53 bits per heavy atom. The first kappa shape index (κ1) is 12.5. The Hall–Kier alpha value is -0.610. The Labute approximate surface area is 91.8 Å². The molecule has 1 heterocycles. The average molecular weight is 214 g/mol. The molecule has 1 fully saturated rings. The zero-order valence-corrected chi connectivity index (χ0v) is 9.55. The Morgan fingerprint density at radius 3 is 3.07 bits per heavy atom. The summed E-state index contributed by atoms with van der Waals surface area (Å²) >= 11 is 0. The van der Waals surface area contributed by atoms with Gasteiger partial charge in [0.1, 0.15) is 0 Å². The van der Waals surface area contributed by atoms with Crippen LogP contribution in [0, 0.1) is 0 Å². The highest BCUT2D eigenvalue weighted by Gasteiger charge is 2.13. The Bertz CT molecular complexity index is 179. The summed E-state index contributed by atoms with van der Waals surface area (Å²) in [5, 5.41) is 6.27. The first-order chi connectivity index (χ1) is 7.33. The molecule has 0 saturated carbocycles. The number of hydrogen-bond acceptors (Lipinski definition) is 3. The standard InChI is InChI=1S/C11H22N2O2/c1-15-9-8-13-11(14)6-5-10-4-2-3-7-12-10/h10,12H,2-9H2,1H3,(H,13,14). The van der Waals surface area contributed by atoms with Gasteiger partial charge < -0.3 is 15.4 Å². The van der Waals surface area contributed by atoms with Gasteiger partial charge in [0.05, 0.1) is 6.61 Å². The van der Waals surface area contributed by atoms with E-state index in [2.05, 4.69) is 10.6 Å². The minimum atomic E-state index is 0.138. The third-order valence-electron chi connectivity index (χ3n) is 2.76. The van der Waals surface area contributed by atoms with Crippen molar-refractivity contribution in [1.82, 2.24) is 10.6 Å². The number of nitrogens with one attached hydrogen (secondary N) is 2. The van der Waals surface area contributed by atoms with Crippen LogP contribution in [0.2, 0.25) is 0 Å². The summed E-state index contributed by atoms with van der Waals surface area (Å²) in [7, 11) is 1.64. The van der Waals surface area contributed by atoms with Gasteiger partial charge in [0.15, 0.2) is 0 Å². The fraction of sp³-hybridized carbons (Fsp3) is 0.909. The molecule has 88 valence electrons. The average Bonchev–Trinajstić information content (AvgIpc) is 2.28. The molecule has 15 heavy (non-hydrogen) atoms. The maximum atomic E-state index is 11.4. The molecule has 1 amide bonds. The molecule has 0 aromatic carbocycles. The largest absolute Gasteiger partial charge is 0.383 e. The summed E-state index contributed by atoms with van der Waals surface area (Å²) in [5.74, 6) is 0.138. The van der Waals surface area contributed by atoms with Gasteiger partial charge in [0.2, 0.25) is 5.91 Å². The zero-order chi connectivity index (χ0) is 10.9. The minimum Gasteiger partial charge on any atom is -0.383 e. The number of ether oxygens (including phenoxy) is 1. The van der Waals surface area contributed by atoms with Crippen molar-refractivity contribution >= 4 is 5.91 Å². The molecule has 1 aliphatic heterocycles. The lowest BCUT2D eigenvalue weighted by Gasteiger charge is -2.22. The molecule has 0 aromatic rings. The number of hydrogen-bond donors (Lipinski definition) is 2. The SMILES string of the molecule is COCCNC(=O)CCC1CCCCN1. The van der Waals surface area contributed by atoms with E-state index >= 15 is 0 Å². The molecule has 1 unspecified atom stereocenters. The molecule has 0 aliphatic carbocycles. The topological polar surface area (TPSA) is 50.4 Å². The summed E-state index contributed by atoms with van der Waals surface area (Å²) in [4.78, 5) is 11.4. The molecule has 0 bridgehead atoms. The van der Waals surface area contributed by atoms with Crippen molar-refractivity contribution in [3.05, 3.63) is 0 Å². The van der Waals surface area contributed by atoms with Crippen LogP contribution in [-0.4, -0.2) is 38.8 Å². The molecular weight excluding hydrogens is 192 g/mol. The maximum Gasteiger partial charge on any atom is 0.220 e. The second kappa shape index (κ2) is 7.65. The van der Waals surface area contributed by atoms with Crippen LogP contribution < -0.4 is 10.6 Å². The van der Waals surface area contributed by atoms with Gasteiger partial charge in [-0.15, -0.1) is 0 Å². The molecule has 1 aliphatic rings. The molecule has 1 atom stereocenters. The van der Waals surface area contributed by atoms with Gasteiger partial charge in [-0.3, -0.25) is 4.79 Å². The number of piperidine rings is 1. The molecule has 0 radical (unpaired) electrons. The van der Waals surface area contributed by atoms with E-state index in [1.54, 1.807) is 7.11 Å². The molecule has 4 nitrogen and oxygen atoms in total. The molecular formula is C11H22N2O2. The highest BCUT2D eigenvalue weighted by Crippen LogP contribution is 2.11.